The Morgan fingerprint density at radius 1 is 1.27 bits per heavy atom. The molecule has 1 aliphatic rings. The molecule has 116 valence electrons. The largest absolute Gasteiger partial charge is 0.352 e. The molecule has 0 radical (unpaired) electrons. The number of halogens is 1. The number of amides is 1. The molecule has 1 amide bonds. The molecule has 0 spiro atoms. The van der Waals surface area contributed by atoms with E-state index in [4.69, 9.17) is 0 Å². The average Bonchev–Trinajstić information content (AvgIpc) is 3.26. The van der Waals surface area contributed by atoms with E-state index in [1.165, 1.54) is 41.9 Å². The van der Waals surface area contributed by atoms with Crippen molar-refractivity contribution in [2.45, 2.75) is 45.7 Å². The zero-order valence-corrected chi connectivity index (χ0v) is 13.0. The van der Waals surface area contributed by atoms with Crippen molar-refractivity contribution in [3.63, 3.8) is 0 Å². The molecule has 2 aromatic rings. The first-order valence-electron chi connectivity index (χ1n) is 7.73. The number of aromatic nitrogens is 1. The second-order valence-electron chi connectivity index (χ2n) is 6.08. The molecule has 3 nitrogen and oxygen atoms in total. The van der Waals surface area contributed by atoms with Crippen molar-refractivity contribution in [1.82, 2.24) is 9.88 Å². The zero-order chi connectivity index (χ0) is 15.7. The van der Waals surface area contributed by atoms with E-state index in [9.17, 15) is 9.18 Å². The minimum Gasteiger partial charge on any atom is -0.352 e. The summed E-state index contributed by atoms with van der Waals surface area (Å²) in [5.74, 6) is -0.320. The molecule has 0 unspecified atom stereocenters. The van der Waals surface area contributed by atoms with Gasteiger partial charge < -0.3 is 9.88 Å². The summed E-state index contributed by atoms with van der Waals surface area (Å²) in [6.45, 7) is 4.79. The number of rotatable bonds is 5. The van der Waals surface area contributed by atoms with Gasteiger partial charge in [-0.1, -0.05) is 12.1 Å². The van der Waals surface area contributed by atoms with Crippen LogP contribution in [0.5, 0.6) is 0 Å². The summed E-state index contributed by atoms with van der Waals surface area (Å²) in [6, 6.07) is 8.87. The molecule has 4 heteroatoms. The molecular weight excluding hydrogens is 279 g/mol. The molecule has 0 bridgehead atoms. The van der Waals surface area contributed by atoms with Gasteiger partial charge in [-0.2, -0.15) is 0 Å². The molecule has 0 saturated heterocycles. The normalized spacial score (nSPS) is 14.1. The van der Waals surface area contributed by atoms with Crippen LogP contribution in [0, 0.1) is 19.7 Å². The van der Waals surface area contributed by atoms with Gasteiger partial charge in [0.25, 0.3) is 0 Å². The van der Waals surface area contributed by atoms with Crippen LogP contribution in [0.15, 0.2) is 30.3 Å². The Bertz CT molecular complexity index is 684. The number of hydrogen-bond donors (Lipinski definition) is 1. The van der Waals surface area contributed by atoms with Crippen LogP contribution in [0.4, 0.5) is 4.39 Å². The van der Waals surface area contributed by atoms with Crippen molar-refractivity contribution in [1.29, 1.82) is 0 Å². The van der Waals surface area contributed by atoms with Gasteiger partial charge in [-0.25, -0.2) is 4.39 Å². The molecule has 1 aromatic heterocycles. The van der Waals surface area contributed by atoms with Crippen LogP contribution in [-0.2, 0) is 17.8 Å². The van der Waals surface area contributed by atoms with E-state index >= 15 is 0 Å². The lowest BCUT2D eigenvalue weighted by atomic mass is 10.1. The lowest BCUT2D eigenvalue weighted by Gasteiger charge is -2.09. The second-order valence-corrected chi connectivity index (χ2v) is 6.08. The first-order chi connectivity index (χ1) is 10.5. The van der Waals surface area contributed by atoms with Crippen molar-refractivity contribution in [3.05, 3.63) is 58.7 Å². The summed E-state index contributed by atoms with van der Waals surface area (Å²) < 4.78 is 15.2. The lowest BCUT2D eigenvalue weighted by molar-refractivity contribution is -0.120. The molecule has 1 aliphatic carbocycles. The molecule has 1 aromatic carbocycles. The van der Waals surface area contributed by atoms with Gasteiger partial charge in [0.15, 0.2) is 0 Å². The SMILES string of the molecule is Cc1cc(CNC(=O)Cc2ccc(F)cc2)c(C)n1C1CC1. The first-order valence-corrected chi connectivity index (χ1v) is 7.73. The van der Waals surface area contributed by atoms with E-state index in [0.717, 1.165) is 5.56 Å². The molecule has 22 heavy (non-hydrogen) atoms. The third kappa shape index (κ3) is 3.21. The fraction of sp³-hybridized carbons (Fsp3) is 0.389. The van der Waals surface area contributed by atoms with Gasteiger partial charge in [0.2, 0.25) is 5.91 Å². The van der Waals surface area contributed by atoms with Crippen LogP contribution in [-0.4, -0.2) is 10.5 Å². The van der Waals surface area contributed by atoms with Gasteiger partial charge in [-0.15, -0.1) is 0 Å². The summed E-state index contributed by atoms with van der Waals surface area (Å²) >= 11 is 0. The van der Waals surface area contributed by atoms with Crippen molar-refractivity contribution >= 4 is 5.91 Å². The van der Waals surface area contributed by atoms with Crippen molar-refractivity contribution in [2.75, 3.05) is 0 Å². The molecule has 1 heterocycles. The summed E-state index contributed by atoms with van der Waals surface area (Å²) in [5, 5.41) is 2.96. The maximum atomic E-state index is 12.8. The van der Waals surface area contributed by atoms with E-state index in [-0.39, 0.29) is 18.1 Å². The minimum absolute atomic E-state index is 0.0390. The number of benzene rings is 1. The van der Waals surface area contributed by atoms with Gasteiger partial charge in [-0.3, -0.25) is 4.79 Å². The van der Waals surface area contributed by atoms with E-state index in [1.807, 2.05) is 0 Å². The summed E-state index contributed by atoms with van der Waals surface area (Å²) in [4.78, 5) is 12.0. The fourth-order valence-electron chi connectivity index (χ4n) is 2.96. The lowest BCUT2D eigenvalue weighted by Crippen LogP contribution is -2.24. The second kappa shape index (κ2) is 5.95. The molecule has 1 saturated carbocycles. The smallest absolute Gasteiger partial charge is 0.224 e. The Morgan fingerprint density at radius 2 is 1.95 bits per heavy atom. The van der Waals surface area contributed by atoms with Gasteiger partial charge >= 0.3 is 0 Å². The molecular formula is C18H21FN2O. The number of hydrogen-bond acceptors (Lipinski definition) is 1. The van der Waals surface area contributed by atoms with Crippen LogP contribution in [0.1, 0.15) is 41.4 Å². The van der Waals surface area contributed by atoms with Gasteiger partial charge in [0, 0.05) is 24.0 Å². The maximum Gasteiger partial charge on any atom is 0.224 e. The van der Waals surface area contributed by atoms with Gasteiger partial charge in [0.1, 0.15) is 5.82 Å². The highest BCUT2D eigenvalue weighted by Crippen LogP contribution is 2.38. The van der Waals surface area contributed by atoms with Crippen molar-refractivity contribution < 1.29 is 9.18 Å². The van der Waals surface area contributed by atoms with E-state index in [1.54, 1.807) is 12.1 Å². The Hall–Kier alpha value is -2.10. The number of carbonyl (C=O) groups excluding carboxylic acids is 1. The highest BCUT2D eigenvalue weighted by Gasteiger charge is 2.26. The Kier molecular flexibility index (Phi) is 4.01. The Labute approximate surface area is 130 Å². The topological polar surface area (TPSA) is 34.0 Å². The van der Waals surface area contributed by atoms with Gasteiger partial charge in [-0.05, 0) is 56.0 Å². The monoisotopic (exact) mass is 300 g/mol. The van der Waals surface area contributed by atoms with E-state index < -0.39 is 0 Å². The summed E-state index contributed by atoms with van der Waals surface area (Å²) in [7, 11) is 0. The quantitative estimate of drug-likeness (QED) is 0.902. The summed E-state index contributed by atoms with van der Waals surface area (Å²) in [6.07, 6.45) is 2.79. The van der Waals surface area contributed by atoms with Crippen molar-refractivity contribution in [3.8, 4) is 0 Å². The molecule has 0 aliphatic heterocycles. The summed E-state index contributed by atoms with van der Waals surface area (Å²) in [5.41, 5.74) is 4.52. The molecule has 0 atom stereocenters. The number of aryl methyl sites for hydroxylation is 1. The third-order valence-corrected chi connectivity index (χ3v) is 4.26. The maximum absolute atomic E-state index is 12.8. The van der Waals surface area contributed by atoms with E-state index in [2.05, 4.69) is 29.8 Å². The van der Waals surface area contributed by atoms with Crippen molar-refractivity contribution in [2.24, 2.45) is 0 Å². The first kappa shape index (κ1) is 14.8. The minimum atomic E-state index is -0.281. The van der Waals surface area contributed by atoms with Crippen LogP contribution in [0.3, 0.4) is 0 Å². The van der Waals surface area contributed by atoms with Crippen LogP contribution >= 0.6 is 0 Å². The third-order valence-electron chi connectivity index (χ3n) is 4.26. The number of carbonyl (C=O) groups is 1. The number of nitrogens with one attached hydrogen (secondary N) is 1. The molecule has 1 fully saturated rings. The Balaban J connectivity index is 1.59. The molecule has 3 rings (SSSR count). The number of nitrogens with zero attached hydrogens (tertiary/aromatic N) is 1. The molecule has 1 N–H and O–H groups in total. The van der Waals surface area contributed by atoms with Crippen LogP contribution in [0.25, 0.3) is 0 Å². The standard InChI is InChI=1S/C18H21FN2O/c1-12-9-15(13(2)21(12)17-7-8-17)11-20-18(22)10-14-3-5-16(19)6-4-14/h3-6,9,17H,7-8,10-11H2,1-2H3,(H,20,22). The predicted octanol–water partition coefficient (Wildman–Crippen LogP) is 3.44. The Morgan fingerprint density at radius 3 is 2.59 bits per heavy atom. The highest BCUT2D eigenvalue weighted by atomic mass is 19.1. The van der Waals surface area contributed by atoms with Crippen LogP contribution < -0.4 is 5.32 Å². The fourth-order valence-corrected chi connectivity index (χ4v) is 2.96. The van der Waals surface area contributed by atoms with E-state index in [0.29, 0.717) is 12.6 Å². The zero-order valence-electron chi connectivity index (χ0n) is 13.0. The highest BCUT2D eigenvalue weighted by molar-refractivity contribution is 5.78. The van der Waals surface area contributed by atoms with Crippen LogP contribution in [0.2, 0.25) is 0 Å². The predicted molar refractivity (Wildman–Crippen MR) is 84.1 cm³/mol. The van der Waals surface area contributed by atoms with Gasteiger partial charge in [0.05, 0.1) is 6.42 Å². The average molecular weight is 300 g/mol.